The third kappa shape index (κ3) is 5.23. The lowest BCUT2D eigenvalue weighted by atomic mass is 10.1. The zero-order chi connectivity index (χ0) is 19.1. The highest BCUT2D eigenvalue weighted by atomic mass is 35.5. The first-order valence-corrected chi connectivity index (χ1v) is 8.92. The number of hydrogen-bond donors (Lipinski definition) is 2. The molecule has 6 heteroatoms. The van der Waals surface area contributed by atoms with Crippen LogP contribution in [0, 0.1) is 0 Å². The molecular formula is C20H23ClN2O3. The number of anilines is 1. The molecule has 26 heavy (non-hydrogen) atoms. The topological polar surface area (TPSA) is 67.4 Å². The van der Waals surface area contributed by atoms with Crippen LogP contribution >= 0.6 is 11.6 Å². The van der Waals surface area contributed by atoms with Gasteiger partial charge in [-0.25, -0.2) is 0 Å². The molecule has 2 aromatic rings. The van der Waals surface area contributed by atoms with Crippen LogP contribution in [0.5, 0.6) is 5.75 Å². The molecule has 2 atom stereocenters. The molecule has 0 aliphatic heterocycles. The van der Waals surface area contributed by atoms with Gasteiger partial charge in [-0.15, -0.1) is 0 Å². The molecule has 138 valence electrons. The Morgan fingerprint density at radius 2 is 1.73 bits per heavy atom. The minimum Gasteiger partial charge on any atom is -0.479 e. The van der Waals surface area contributed by atoms with Gasteiger partial charge in [0, 0.05) is 6.04 Å². The van der Waals surface area contributed by atoms with Crippen molar-refractivity contribution in [2.45, 2.75) is 39.3 Å². The molecule has 2 amide bonds. The van der Waals surface area contributed by atoms with Crippen molar-refractivity contribution in [1.29, 1.82) is 0 Å². The summed E-state index contributed by atoms with van der Waals surface area (Å²) in [5.74, 6) is -0.164. The van der Waals surface area contributed by atoms with Crippen LogP contribution in [-0.4, -0.2) is 24.0 Å². The van der Waals surface area contributed by atoms with Crippen LogP contribution < -0.4 is 15.4 Å². The Morgan fingerprint density at radius 1 is 1.08 bits per heavy atom. The number of hydrogen-bond acceptors (Lipinski definition) is 3. The molecular weight excluding hydrogens is 352 g/mol. The SMILES string of the molecule is CCC(C)NC(=O)c1ccccc1NC(=O)C(C)Oc1ccccc1Cl. The van der Waals surface area contributed by atoms with Gasteiger partial charge in [0.15, 0.2) is 6.10 Å². The average molecular weight is 375 g/mol. The number of halogens is 1. The maximum Gasteiger partial charge on any atom is 0.265 e. The maximum atomic E-state index is 12.5. The van der Waals surface area contributed by atoms with Crippen molar-refractivity contribution >= 4 is 29.1 Å². The van der Waals surface area contributed by atoms with Crippen molar-refractivity contribution in [3.8, 4) is 5.75 Å². The fourth-order valence-electron chi connectivity index (χ4n) is 2.21. The number of carbonyl (C=O) groups is 2. The lowest BCUT2D eigenvalue weighted by Gasteiger charge is -2.18. The zero-order valence-electron chi connectivity index (χ0n) is 15.1. The molecule has 2 rings (SSSR count). The molecule has 0 aliphatic carbocycles. The highest BCUT2D eigenvalue weighted by molar-refractivity contribution is 6.32. The Balaban J connectivity index is 2.09. The van der Waals surface area contributed by atoms with E-state index >= 15 is 0 Å². The lowest BCUT2D eigenvalue weighted by Crippen LogP contribution is -2.34. The number of amides is 2. The standard InChI is InChI=1S/C20H23ClN2O3/c1-4-13(2)22-20(25)15-9-5-7-11-17(15)23-19(24)14(3)26-18-12-8-6-10-16(18)21/h5-14H,4H2,1-3H3,(H,22,25)(H,23,24). The molecule has 2 N–H and O–H groups in total. The first kappa shape index (κ1) is 19.8. The molecule has 0 fully saturated rings. The van der Waals surface area contributed by atoms with Crippen LogP contribution in [0.1, 0.15) is 37.6 Å². The van der Waals surface area contributed by atoms with Crippen LogP contribution in [0.15, 0.2) is 48.5 Å². The molecule has 0 spiro atoms. The molecule has 0 aromatic heterocycles. The summed E-state index contributed by atoms with van der Waals surface area (Å²) in [6, 6.07) is 13.9. The van der Waals surface area contributed by atoms with Crippen LogP contribution in [0.25, 0.3) is 0 Å². The zero-order valence-corrected chi connectivity index (χ0v) is 15.8. The summed E-state index contributed by atoms with van der Waals surface area (Å²) in [6.07, 6.45) is 0.0452. The fraction of sp³-hybridized carbons (Fsp3) is 0.300. The van der Waals surface area contributed by atoms with E-state index in [9.17, 15) is 9.59 Å². The third-order valence-electron chi connectivity index (χ3n) is 3.93. The number of rotatable bonds is 7. The van der Waals surface area contributed by atoms with Crippen molar-refractivity contribution in [2.75, 3.05) is 5.32 Å². The van der Waals surface area contributed by atoms with E-state index < -0.39 is 6.10 Å². The summed E-state index contributed by atoms with van der Waals surface area (Å²) >= 11 is 6.05. The summed E-state index contributed by atoms with van der Waals surface area (Å²) in [5.41, 5.74) is 0.846. The monoisotopic (exact) mass is 374 g/mol. The van der Waals surface area contributed by atoms with Gasteiger partial charge in [0.25, 0.3) is 11.8 Å². The average Bonchev–Trinajstić information content (AvgIpc) is 2.63. The first-order valence-electron chi connectivity index (χ1n) is 8.54. The van der Waals surface area contributed by atoms with Gasteiger partial charge in [-0.2, -0.15) is 0 Å². The predicted molar refractivity (Wildman–Crippen MR) is 104 cm³/mol. The molecule has 2 unspecified atom stereocenters. The normalized spacial score (nSPS) is 12.8. The largest absolute Gasteiger partial charge is 0.479 e. The van der Waals surface area contributed by atoms with E-state index in [1.807, 2.05) is 13.8 Å². The van der Waals surface area contributed by atoms with Crippen molar-refractivity contribution in [3.63, 3.8) is 0 Å². The Hall–Kier alpha value is -2.53. The van der Waals surface area contributed by atoms with Gasteiger partial charge < -0.3 is 15.4 Å². The molecule has 5 nitrogen and oxygen atoms in total. The lowest BCUT2D eigenvalue weighted by molar-refractivity contribution is -0.122. The van der Waals surface area contributed by atoms with Gasteiger partial charge in [-0.05, 0) is 44.5 Å². The number of para-hydroxylation sites is 2. The van der Waals surface area contributed by atoms with E-state index in [-0.39, 0.29) is 17.9 Å². The summed E-state index contributed by atoms with van der Waals surface area (Å²) in [5, 5.41) is 6.08. The second-order valence-corrected chi connectivity index (χ2v) is 6.42. The van der Waals surface area contributed by atoms with Gasteiger partial charge in [0.1, 0.15) is 5.75 Å². The third-order valence-corrected chi connectivity index (χ3v) is 4.24. The van der Waals surface area contributed by atoms with E-state index in [0.29, 0.717) is 22.0 Å². The summed E-state index contributed by atoms with van der Waals surface area (Å²) in [7, 11) is 0. The molecule has 0 heterocycles. The predicted octanol–water partition coefficient (Wildman–Crippen LogP) is 4.27. The van der Waals surface area contributed by atoms with Gasteiger partial charge in [-0.1, -0.05) is 42.8 Å². The Kier molecular flexibility index (Phi) is 7.04. The van der Waals surface area contributed by atoms with Crippen LogP contribution in [0.3, 0.4) is 0 Å². The molecule has 0 aliphatic rings. The number of carbonyl (C=O) groups excluding carboxylic acids is 2. The quantitative estimate of drug-likeness (QED) is 0.760. The maximum absolute atomic E-state index is 12.5. The minimum atomic E-state index is -0.777. The van der Waals surface area contributed by atoms with Gasteiger partial charge in [0.2, 0.25) is 0 Å². The van der Waals surface area contributed by atoms with E-state index in [1.54, 1.807) is 55.5 Å². The van der Waals surface area contributed by atoms with Crippen molar-refractivity contribution in [3.05, 3.63) is 59.1 Å². The van der Waals surface area contributed by atoms with E-state index in [2.05, 4.69) is 10.6 Å². The first-order chi connectivity index (χ1) is 12.4. The molecule has 0 saturated heterocycles. The second-order valence-electron chi connectivity index (χ2n) is 6.01. The number of nitrogens with one attached hydrogen (secondary N) is 2. The number of benzene rings is 2. The Labute approximate surface area is 158 Å². The molecule has 0 radical (unpaired) electrons. The molecule has 0 saturated carbocycles. The summed E-state index contributed by atoms with van der Waals surface area (Å²) in [4.78, 5) is 24.9. The highest BCUT2D eigenvalue weighted by Crippen LogP contribution is 2.24. The molecule has 2 aromatic carbocycles. The van der Waals surface area contributed by atoms with Crippen LogP contribution in [0.2, 0.25) is 5.02 Å². The van der Waals surface area contributed by atoms with Crippen LogP contribution in [-0.2, 0) is 4.79 Å². The molecule has 0 bridgehead atoms. The Bertz CT molecular complexity index is 779. The van der Waals surface area contributed by atoms with Crippen molar-refractivity contribution < 1.29 is 14.3 Å². The van der Waals surface area contributed by atoms with E-state index in [1.165, 1.54) is 0 Å². The fourth-order valence-corrected chi connectivity index (χ4v) is 2.39. The van der Waals surface area contributed by atoms with Crippen LogP contribution in [0.4, 0.5) is 5.69 Å². The second kappa shape index (κ2) is 9.25. The van der Waals surface area contributed by atoms with E-state index in [0.717, 1.165) is 6.42 Å². The summed E-state index contributed by atoms with van der Waals surface area (Å²) < 4.78 is 5.62. The summed E-state index contributed by atoms with van der Waals surface area (Å²) in [6.45, 7) is 5.55. The minimum absolute atomic E-state index is 0.0498. The van der Waals surface area contributed by atoms with Gasteiger partial charge in [0.05, 0.1) is 16.3 Å². The highest BCUT2D eigenvalue weighted by Gasteiger charge is 2.19. The Morgan fingerprint density at radius 3 is 2.42 bits per heavy atom. The van der Waals surface area contributed by atoms with Crippen molar-refractivity contribution in [2.24, 2.45) is 0 Å². The van der Waals surface area contributed by atoms with Crippen molar-refractivity contribution in [1.82, 2.24) is 5.32 Å². The van der Waals surface area contributed by atoms with E-state index in [4.69, 9.17) is 16.3 Å². The van der Waals surface area contributed by atoms with Gasteiger partial charge in [-0.3, -0.25) is 9.59 Å². The van der Waals surface area contributed by atoms with Gasteiger partial charge >= 0.3 is 0 Å². The number of ether oxygens (including phenoxy) is 1. The smallest absolute Gasteiger partial charge is 0.265 e.